The maximum Gasteiger partial charge on any atom is 0.143 e. The Morgan fingerprint density at radius 2 is 1.83 bits per heavy atom. The Labute approximate surface area is 173 Å². The summed E-state index contributed by atoms with van der Waals surface area (Å²) in [6.45, 7) is 0.542. The van der Waals surface area contributed by atoms with Gasteiger partial charge in [-0.15, -0.1) is 0 Å². The number of aryl methyl sites for hydroxylation is 1. The number of fused-ring (bicyclic) bond motifs is 1. The number of rotatable bonds is 6. The van der Waals surface area contributed by atoms with Crippen LogP contribution in [0.2, 0.25) is 0 Å². The van der Waals surface area contributed by atoms with Crippen LogP contribution < -0.4 is 10.1 Å². The van der Waals surface area contributed by atoms with Crippen molar-refractivity contribution < 1.29 is 4.74 Å². The molecule has 3 aromatic heterocycles. The SMILES string of the molecule is Cn1nccc1-c1cc2c(Nc3ccc(OCc4ccccc4)cc3)ncnc2[nH]1. The molecule has 0 saturated carbocycles. The van der Waals surface area contributed by atoms with E-state index in [2.05, 4.69) is 25.4 Å². The van der Waals surface area contributed by atoms with Crippen molar-refractivity contribution in [1.82, 2.24) is 24.7 Å². The maximum absolute atomic E-state index is 5.86. The van der Waals surface area contributed by atoms with E-state index in [1.54, 1.807) is 12.5 Å². The molecule has 0 unspecified atom stereocenters. The molecule has 0 fully saturated rings. The Kier molecular flexibility index (Phi) is 4.61. The Morgan fingerprint density at radius 1 is 1.00 bits per heavy atom. The minimum absolute atomic E-state index is 0.542. The summed E-state index contributed by atoms with van der Waals surface area (Å²) in [4.78, 5) is 12.1. The molecule has 30 heavy (non-hydrogen) atoms. The van der Waals surface area contributed by atoms with E-state index in [-0.39, 0.29) is 0 Å². The molecule has 0 aliphatic rings. The van der Waals surface area contributed by atoms with E-state index in [0.717, 1.165) is 45.2 Å². The van der Waals surface area contributed by atoms with Gasteiger partial charge in [0.15, 0.2) is 0 Å². The summed E-state index contributed by atoms with van der Waals surface area (Å²) in [5.41, 5.74) is 4.76. The van der Waals surface area contributed by atoms with Gasteiger partial charge in [-0.05, 0) is 42.0 Å². The van der Waals surface area contributed by atoms with Gasteiger partial charge in [0, 0.05) is 18.9 Å². The second kappa shape index (κ2) is 7.71. The van der Waals surface area contributed by atoms with E-state index < -0.39 is 0 Å². The second-order valence-electron chi connectivity index (χ2n) is 6.93. The summed E-state index contributed by atoms with van der Waals surface area (Å²) >= 11 is 0. The molecule has 0 saturated heterocycles. The minimum Gasteiger partial charge on any atom is -0.489 e. The number of nitrogens with zero attached hydrogens (tertiary/aromatic N) is 4. The van der Waals surface area contributed by atoms with Crippen LogP contribution in [0.5, 0.6) is 5.75 Å². The lowest BCUT2D eigenvalue weighted by Crippen LogP contribution is -1.97. The number of hydrogen-bond acceptors (Lipinski definition) is 5. The molecule has 0 aliphatic carbocycles. The van der Waals surface area contributed by atoms with Crippen molar-refractivity contribution >= 4 is 22.5 Å². The molecular formula is C23H20N6O. The van der Waals surface area contributed by atoms with E-state index in [1.165, 1.54) is 0 Å². The first-order valence-electron chi connectivity index (χ1n) is 9.62. The highest BCUT2D eigenvalue weighted by molar-refractivity contribution is 5.92. The van der Waals surface area contributed by atoms with Crippen molar-refractivity contribution in [3.63, 3.8) is 0 Å². The topological polar surface area (TPSA) is 80.7 Å². The highest BCUT2D eigenvalue weighted by Crippen LogP contribution is 2.28. The van der Waals surface area contributed by atoms with Crippen LogP contribution in [-0.2, 0) is 13.7 Å². The third-order valence-electron chi connectivity index (χ3n) is 4.89. The zero-order chi connectivity index (χ0) is 20.3. The van der Waals surface area contributed by atoms with Crippen molar-refractivity contribution in [3.05, 3.63) is 84.8 Å². The molecule has 0 amide bonds. The van der Waals surface area contributed by atoms with E-state index in [4.69, 9.17) is 4.74 Å². The lowest BCUT2D eigenvalue weighted by atomic mass is 10.2. The molecule has 7 heteroatoms. The lowest BCUT2D eigenvalue weighted by molar-refractivity contribution is 0.306. The zero-order valence-electron chi connectivity index (χ0n) is 16.4. The quantitative estimate of drug-likeness (QED) is 0.436. The normalized spacial score (nSPS) is 11.0. The van der Waals surface area contributed by atoms with Crippen LogP contribution in [0.1, 0.15) is 5.56 Å². The van der Waals surface area contributed by atoms with Crippen LogP contribution in [0.25, 0.3) is 22.4 Å². The number of aromatic amines is 1. The summed E-state index contributed by atoms with van der Waals surface area (Å²) in [5.74, 6) is 1.56. The highest BCUT2D eigenvalue weighted by atomic mass is 16.5. The first-order chi connectivity index (χ1) is 14.8. The van der Waals surface area contributed by atoms with Gasteiger partial charge < -0.3 is 15.0 Å². The minimum atomic E-state index is 0.542. The van der Waals surface area contributed by atoms with Gasteiger partial charge in [-0.2, -0.15) is 5.10 Å². The largest absolute Gasteiger partial charge is 0.489 e. The van der Waals surface area contributed by atoms with E-state index in [0.29, 0.717) is 6.61 Å². The van der Waals surface area contributed by atoms with Gasteiger partial charge in [-0.1, -0.05) is 30.3 Å². The van der Waals surface area contributed by atoms with E-state index in [1.807, 2.05) is 78.5 Å². The zero-order valence-corrected chi connectivity index (χ0v) is 16.4. The van der Waals surface area contributed by atoms with Gasteiger partial charge in [0.1, 0.15) is 30.1 Å². The van der Waals surface area contributed by atoms with Crippen molar-refractivity contribution in [2.24, 2.45) is 7.05 Å². The summed E-state index contributed by atoms with van der Waals surface area (Å²) in [6, 6.07) is 21.9. The third-order valence-corrected chi connectivity index (χ3v) is 4.89. The fraction of sp³-hybridized carbons (Fsp3) is 0.0870. The fourth-order valence-electron chi connectivity index (χ4n) is 3.33. The molecule has 0 atom stereocenters. The molecule has 0 aliphatic heterocycles. The Hall–Kier alpha value is -4.13. The molecule has 148 valence electrons. The molecule has 3 heterocycles. The number of nitrogens with one attached hydrogen (secondary N) is 2. The number of anilines is 2. The molecular weight excluding hydrogens is 376 g/mol. The Morgan fingerprint density at radius 3 is 2.60 bits per heavy atom. The van der Waals surface area contributed by atoms with Crippen molar-refractivity contribution in [2.45, 2.75) is 6.61 Å². The van der Waals surface area contributed by atoms with Gasteiger partial charge in [0.2, 0.25) is 0 Å². The molecule has 5 aromatic rings. The van der Waals surface area contributed by atoms with Crippen LogP contribution in [0, 0.1) is 0 Å². The summed E-state index contributed by atoms with van der Waals surface area (Å²) < 4.78 is 7.68. The molecule has 2 aromatic carbocycles. The van der Waals surface area contributed by atoms with E-state index in [9.17, 15) is 0 Å². The van der Waals surface area contributed by atoms with Crippen LogP contribution in [0.3, 0.4) is 0 Å². The predicted molar refractivity (Wildman–Crippen MR) is 117 cm³/mol. The van der Waals surface area contributed by atoms with Crippen LogP contribution in [0.4, 0.5) is 11.5 Å². The van der Waals surface area contributed by atoms with Crippen molar-refractivity contribution in [3.8, 4) is 17.1 Å². The number of aromatic nitrogens is 5. The molecule has 2 N–H and O–H groups in total. The summed E-state index contributed by atoms with van der Waals surface area (Å²) in [6.07, 6.45) is 3.32. The number of benzene rings is 2. The monoisotopic (exact) mass is 396 g/mol. The molecule has 5 rings (SSSR count). The van der Waals surface area contributed by atoms with Gasteiger partial charge in [-0.25, -0.2) is 9.97 Å². The van der Waals surface area contributed by atoms with Gasteiger partial charge in [0.05, 0.1) is 16.8 Å². The fourth-order valence-corrected chi connectivity index (χ4v) is 3.33. The van der Waals surface area contributed by atoms with Gasteiger partial charge in [-0.3, -0.25) is 4.68 Å². The van der Waals surface area contributed by atoms with Gasteiger partial charge in [0.25, 0.3) is 0 Å². The van der Waals surface area contributed by atoms with E-state index >= 15 is 0 Å². The summed E-state index contributed by atoms with van der Waals surface area (Å²) in [7, 11) is 1.91. The highest BCUT2D eigenvalue weighted by Gasteiger charge is 2.11. The molecule has 0 spiro atoms. The standard InChI is InChI=1S/C23H20N6O/c1-29-21(11-12-26-29)20-13-19-22(24-15-25-23(19)28-20)27-17-7-9-18(10-8-17)30-14-16-5-3-2-4-6-16/h2-13,15H,14H2,1H3,(H2,24,25,27,28). The average Bonchev–Trinajstić information content (AvgIpc) is 3.40. The Bertz CT molecular complexity index is 1270. The number of hydrogen-bond donors (Lipinski definition) is 2. The predicted octanol–water partition coefficient (Wildman–Crippen LogP) is 4.68. The first kappa shape index (κ1) is 17.9. The van der Waals surface area contributed by atoms with Gasteiger partial charge >= 0.3 is 0 Å². The average molecular weight is 396 g/mol. The molecule has 0 radical (unpaired) electrons. The van der Waals surface area contributed by atoms with Crippen molar-refractivity contribution in [1.29, 1.82) is 0 Å². The first-order valence-corrected chi connectivity index (χ1v) is 9.62. The maximum atomic E-state index is 5.86. The van der Waals surface area contributed by atoms with Crippen LogP contribution in [0.15, 0.2) is 79.3 Å². The smallest absolute Gasteiger partial charge is 0.143 e. The lowest BCUT2D eigenvalue weighted by Gasteiger charge is -2.09. The Balaban J connectivity index is 1.34. The van der Waals surface area contributed by atoms with Crippen molar-refractivity contribution in [2.75, 3.05) is 5.32 Å². The summed E-state index contributed by atoms with van der Waals surface area (Å²) in [5, 5.41) is 8.52. The third kappa shape index (κ3) is 3.60. The molecule has 7 nitrogen and oxygen atoms in total. The number of ether oxygens (including phenoxy) is 1. The van der Waals surface area contributed by atoms with Crippen LogP contribution in [-0.4, -0.2) is 24.7 Å². The number of H-pyrrole nitrogens is 1. The second-order valence-corrected chi connectivity index (χ2v) is 6.93. The molecule has 0 bridgehead atoms. The van der Waals surface area contributed by atoms with Crippen LogP contribution >= 0.6 is 0 Å².